The van der Waals surface area contributed by atoms with E-state index in [1.807, 2.05) is 19.1 Å². The molecule has 0 aliphatic carbocycles. The zero-order valence-corrected chi connectivity index (χ0v) is 14.6. The number of nitrogens with one attached hydrogen (secondary N) is 1. The predicted molar refractivity (Wildman–Crippen MR) is 94.2 cm³/mol. The monoisotopic (exact) mass is 338 g/mol. The van der Waals surface area contributed by atoms with Crippen LogP contribution in [0.3, 0.4) is 0 Å². The molecule has 1 fully saturated rings. The second-order valence-corrected chi connectivity index (χ2v) is 6.49. The van der Waals surface area contributed by atoms with Crippen molar-refractivity contribution in [2.75, 3.05) is 24.5 Å². The van der Waals surface area contributed by atoms with Gasteiger partial charge in [-0.15, -0.1) is 0 Å². The highest BCUT2D eigenvalue weighted by Crippen LogP contribution is 2.22. The maximum Gasteiger partial charge on any atom is 0.254 e. The van der Waals surface area contributed by atoms with Crippen LogP contribution in [0.15, 0.2) is 24.5 Å². The molecule has 1 aliphatic rings. The molecule has 0 bridgehead atoms. The van der Waals surface area contributed by atoms with Gasteiger partial charge >= 0.3 is 0 Å². The predicted octanol–water partition coefficient (Wildman–Crippen LogP) is 1.64. The Morgan fingerprint density at radius 3 is 2.80 bits per heavy atom. The number of nitrogens with zero attached hydrogens (tertiary/aromatic N) is 5. The highest BCUT2D eigenvalue weighted by Gasteiger charge is 2.21. The summed E-state index contributed by atoms with van der Waals surface area (Å²) in [6.45, 7) is 4.33. The molecular formula is C18H22N6O. The SMILES string of the molecule is Cc1ccc(N2CCC(CNC(=O)c3cnn(C)c3)CC2)nc1C#N. The molecule has 0 saturated carbocycles. The van der Waals surface area contributed by atoms with Crippen LogP contribution in [0.25, 0.3) is 0 Å². The van der Waals surface area contributed by atoms with E-state index in [1.54, 1.807) is 24.1 Å². The molecular weight excluding hydrogens is 316 g/mol. The van der Waals surface area contributed by atoms with Crippen molar-refractivity contribution in [3.63, 3.8) is 0 Å². The summed E-state index contributed by atoms with van der Waals surface area (Å²) in [5, 5.41) is 16.1. The minimum Gasteiger partial charge on any atom is -0.357 e. The molecule has 3 heterocycles. The summed E-state index contributed by atoms with van der Waals surface area (Å²) in [7, 11) is 1.79. The molecule has 130 valence electrons. The fourth-order valence-corrected chi connectivity index (χ4v) is 3.05. The van der Waals surface area contributed by atoms with Crippen LogP contribution in [0.2, 0.25) is 0 Å². The Balaban J connectivity index is 1.50. The van der Waals surface area contributed by atoms with Crippen molar-refractivity contribution in [2.45, 2.75) is 19.8 Å². The number of pyridine rings is 1. The van der Waals surface area contributed by atoms with Crippen LogP contribution in [0, 0.1) is 24.2 Å². The lowest BCUT2D eigenvalue weighted by Gasteiger charge is -2.33. The van der Waals surface area contributed by atoms with Gasteiger partial charge in [0.1, 0.15) is 17.6 Å². The van der Waals surface area contributed by atoms with Crippen LogP contribution in [0.1, 0.15) is 34.5 Å². The highest BCUT2D eigenvalue weighted by molar-refractivity contribution is 5.93. The quantitative estimate of drug-likeness (QED) is 0.916. The fourth-order valence-electron chi connectivity index (χ4n) is 3.05. The van der Waals surface area contributed by atoms with Crippen LogP contribution in [0.5, 0.6) is 0 Å². The number of carbonyl (C=O) groups excluding carboxylic acids is 1. The third-order valence-corrected chi connectivity index (χ3v) is 4.65. The molecule has 0 unspecified atom stereocenters. The first-order valence-electron chi connectivity index (χ1n) is 8.46. The topological polar surface area (TPSA) is 86.8 Å². The molecule has 2 aromatic rings. The van der Waals surface area contributed by atoms with Gasteiger partial charge in [0, 0.05) is 32.9 Å². The average Bonchev–Trinajstić information content (AvgIpc) is 3.07. The number of anilines is 1. The Morgan fingerprint density at radius 1 is 1.40 bits per heavy atom. The van der Waals surface area contributed by atoms with Gasteiger partial charge in [-0.25, -0.2) is 4.98 Å². The maximum atomic E-state index is 12.1. The van der Waals surface area contributed by atoms with E-state index in [0.717, 1.165) is 37.3 Å². The number of aryl methyl sites for hydroxylation is 2. The van der Waals surface area contributed by atoms with Gasteiger partial charge in [0.05, 0.1) is 11.8 Å². The molecule has 1 saturated heterocycles. The molecule has 0 spiro atoms. The molecule has 7 heteroatoms. The summed E-state index contributed by atoms with van der Waals surface area (Å²) in [5.41, 5.74) is 1.98. The second kappa shape index (κ2) is 7.34. The van der Waals surface area contributed by atoms with E-state index in [2.05, 4.69) is 26.4 Å². The molecule has 1 aliphatic heterocycles. The van der Waals surface area contributed by atoms with Gasteiger partial charge in [-0.1, -0.05) is 6.07 Å². The van der Waals surface area contributed by atoms with Gasteiger partial charge in [0.25, 0.3) is 5.91 Å². The summed E-state index contributed by atoms with van der Waals surface area (Å²) < 4.78 is 1.62. The van der Waals surface area contributed by atoms with Gasteiger partial charge in [-0.05, 0) is 37.3 Å². The van der Waals surface area contributed by atoms with Gasteiger partial charge < -0.3 is 10.2 Å². The van der Waals surface area contributed by atoms with Gasteiger partial charge in [-0.2, -0.15) is 10.4 Å². The minimum atomic E-state index is -0.0746. The highest BCUT2D eigenvalue weighted by atomic mass is 16.1. The Labute approximate surface area is 147 Å². The van der Waals surface area contributed by atoms with Crippen molar-refractivity contribution in [2.24, 2.45) is 13.0 Å². The van der Waals surface area contributed by atoms with Crippen LogP contribution in [-0.4, -0.2) is 40.3 Å². The maximum absolute atomic E-state index is 12.1. The zero-order valence-electron chi connectivity index (χ0n) is 14.6. The van der Waals surface area contributed by atoms with Crippen molar-refractivity contribution < 1.29 is 4.79 Å². The van der Waals surface area contributed by atoms with E-state index in [9.17, 15) is 4.79 Å². The molecule has 0 radical (unpaired) electrons. The van der Waals surface area contributed by atoms with Gasteiger partial charge in [-0.3, -0.25) is 9.48 Å². The van der Waals surface area contributed by atoms with Crippen molar-refractivity contribution >= 4 is 11.7 Å². The first-order valence-corrected chi connectivity index (χ1v) is 8.46. The molecule has 2 aromatic heterocycles. The number of aromatic nitrogens is 3. The summed E-state index contributed by atoms with van der Waals surface area (Å²) in [4.78, 5) is 18.7. The Kier molecular flexibility index (Phi) is 4.98. The normalized spacial score (nSPS) is 15.0. The largest absolute Gasteiger partial charge is 0.357 e. The summed E-state index contributed by atoms with van der Waals surface area (Å²) >= 11 is 0. The van der Waals surface area contributed by atoms with E-state index >= 15 is 0 Å². The minimum absolute atomic E-state index is 0.0746. The van der Waals surface area contributed by atoms with Crippen LogP contribution in [-0.2, 0) is 7.05 Å². The number of hydrogen-bond donors (Lipinski definition) is 1. The number of amides is 1. The van der Waals surface area contributed by atoms with Crippen molar-refractivity contribution in [3.8, 4) is 6.07 Å². The summed E-state index contributed by atoms with van der Waals surface area (Å²) in [6.07, 6.45) is 5.27. The lowest BCUT2D eigenvalue weighted by molar-refractivity contribution is 0.0945. The summed E-state index contributed by atoms with van der Waals surface area (Å²) in [6, 6.07) is 6.06. The van der Waals surface area contributed by atoms with Gasteiger partial charge in [0.2, 0.25) is 0 Å². The molecule has 1 amide bonds. The van der Waals surface area contributed by atoms with Crippen LogP contribution < -0.4 is 10.2 Å². The zero-order chi connectivity index (χ0) is 17.8. The molecule has 25 heavy (non-hydrogen) atoms. The molecule has 1 N–H and O–H groups in total. The Hall–Kier alpha value is -2.88. The van der Waals surface area contributed by atoms with E-state index in [0.29, 0.717) is 23.7 Å². The first kappa shape index (κ1) is 17.0. The van der Waals surface area contributed by atoms with Crippen molar-refractivity contribution in [1.29, 1.82) is 5.26 Å². The third-order valence-electron chi connectivity index (χ3n) is 4.65. The summed E-state index contributed by atoms with van der Waals surface area (Å²) in [5.74, 6) is 1.24. The van der Waals surface area contributed by atoms with Crippen molar-refractivity contribution in [1.82, 2.24) is 20.1 Å². The molecule has 0 aromatic carbocycles. The van der Waals surface area contributed by atoms with Crippen LogP contribution >= 0.6 is 0 Å². The lowest BCUT2D eigenvalue weighted by Crippen LogP contribution is -2.39. The van der Waals surface area contributed by atoms with E-state index < -0.39 is 0 Å². The fraction of sp³-hybridized carbons (Fsp3) is 0.444. The van der Waals surface area contributed by atoms with E-state index in [1.165, 1.54) is 0 Å². The van der Waals surface area contributed by atoms with E-state index in [4.69, 9.17) is 5.26 Å². The number of hydrogen-bond acceptors (Lipinski definition) is 5. The molecule has 0 atom stereocenters. The Bertz CT molecular complexity index is 798. The molecule has 7 nitrogen and oxygen atoms in total. The smallest absolute Gasteiger partial charge is 0.254 e. The second-order valence-electron chi connectivity index (χ2n) is 6.49. The molecule has 3 rings (SSSR count). The number of piperidine rings is 1. The van der Waals surface area contributed by atoms with E-state index in [-0.39, 0.29) is 5.91 Å². The lowest BCUT2D eigenvalue weighted by atomic mass is 9.96. The van der Waals surface area contributed by atoms with Crippen molar-refractivity contribution in [3.05, 3.63) is 41.3 Å². The third kappa shape index (κ3) is 3.97. The van der Waals surface area contributed by atoms with Gasteiger partial charge in [0.15, 0.2) is 0 Å². The number of carbonyl (C=O) groups is 1. The average molecular weight is 338 g/mol. The number of rotatable bonds is 4. The first-order chi connectivity index (χ1) is 12.1. The van der Waals surface area contributed by atoms with Crippen LogP contribution in [0.4, 0.5) is 5.82 Å². The Morgan fingerprint density at radius 2 is 2.16 bits per heavy atom. The number of nitriles is 1. The standard InChI is InChI=1S/C18H22N6O/c1-13-3-4-17(22-16(13)9-19)24-7-5-14(6-8-24)10-20-18(25)15-11-21-23(2)12-15/h3-4,11-12,14H,5-8,10H2,1-2H3,(H,20,25).